The molecule has 4 heteroatoms. The molecule has 2 rings (SSSR count). The van der Waals surface area contributed by atoms with Crippen molar-refractivity contribution in [3.8, 4) is 5.75 Å². The number of amides is 1. The van der Waals surface area contributed by atoms with Gasteiger partial charge in [-0.05, 0) is 43.2 Å². The smallest absolute Gasteiger partial charge is 0.262 e. The van der Waals surface area contributed by atoms with Crippen molar-refractivity contribution in [3.63, 3.8) is 0 Å². The van der Waals surface area contributed by atoms with Crippen LogP contribution in [-0.2, 0) is 4.79 Å². The quantitative estimate of drug-likeness (QED) is 0.840. The first-order valence-corrected chi connectivity index (χ1v) is 6.40. The van der Waals surface area contributed by atoms with Crippen LogP contribution in [0.3, 0.4) is 0 Å². The molecule has 0 aliphatic carbocycles. The van der Waals surface area contributed by atoms with Crippen LogP contribution in [0.2, 0.25) is 0 Å². The highest BCUT2D eigenvalue weighted by atomic mass is 16.5. The van der Waals surface area contributed by atoms with Crippen LogP contribution in [0, 0.1) is 13.8 Å². The van der Waals surface area contributed by atoms with Gasteiger partial charge in [0.1, 0.15) is 5.75 Å². The highest BCUT2D eigenvalue weighted by Gasteiger charge is 2.09. The van der Waals surface area contributed by atoms with E-state index in [0.29, 0.717) is 17.1 Å². The van der Waals surface area contributed by atoms with Gasteiger partial charge in [-0.1, -0.05) is 24.3 Å². The Labute approximate surface area is 118 Å². The average Bonchev–Trinajstić information content (AvgIpc) is 2.42. The summed E-state index contributed by atoms with van der Waals surface area (Å²) in [5.74, 6) is 0.434. The van der Waals surface area contributed by atoms with Gasteiger partial charge in [-0.15, -0.1) is 0 Å². The van der Waals surface area contributed by atoms with E-state index in [1.165, 1.54) is 0 Å². The molecule has 0 atom stereocenters. The van der Waals surface area contributed by atoms with Gasteiger partial charge < -0.3 is 15.8 Å². The van der Waals surface area contributed by atoms with Crippen molar-refractivity contribution < 1.29 is 9.53 Å². The van der Waals surface area contributed by atoms with Crippen molar-refractivity contribution in [1.29, 1.82) is 0 Å². The minimum atomic E-state index is -0.229. The van der Waals surface area contributed by atoms with Crippen LogP contribution in [0.1, 0.15) is 11.1 Å². The lowest BCUT2D eigenvalue weighted by molar-refractivity contribution is -0.118. The summed E-state index contributed by atoms with van der Waals surface area (Å²) in [6, 6.07) is 13.0. The van der Waals surface area contributed by atoms with Crippen LogP contribution in [0.25, 0.3) is 0 Å². The number of hydrogen-bond donors (Lipinski definition) is 2. The number of ether oxygens (including phenoxy) is 1. The predicted molar refractivity (Wildman–Crippen MR) is 80.9 cm³/mol. The molecule has 104 valence electrons. The largest absolute Gasteiger partial charge is 0.484 e. The molecule has 2 aromatic carbocycles. The molecule has 4 nitrogen and oxygen atoms in total. The number of rotatable bonds is 4. The fourth-order valence-corrected chi connectivity index (χ4v) is 2.01. The van der Waals surface area contributed by atoms with Gasteiger partial charge >= 0.3 is 0 Å². The molecule has 0 aliphatic heterocycles. The first-order chi connectivity index (χ1) is 9.56. The van der Waals surface area contributed by atoms with Gasteiger partial charge in [0.15, 0.2) is 6.61 Å². The van der Waals surface area contributed by atoms with Crippen LogP contribution >= 0.6 is 0 Å². The first-order valence-electron chi connectivity index (χ1n) is 6.40. The number of para-hydroxylation sites is 1. The number of aryl methyl sites for hydroxylation is 2. The maximum atomic E-state index is 11.9. The number of benzene rings is 2. The van der Waals surface area contributed by atoms with Crippen molar-refractivity contribution in [2.45, 2.75) is 13.8 Å². The van der Waals surface area contributed by atoms with E-state index in [0.717, 1.165) is 11.1 Å². The van der Waals surface area contributed by atoms with Gasteiger partial charge in [0.2, 0.25) is 0 Å². The summed E-state index contributed by atoms with van der Waals surface area (Å²) in [7, 11) is 0. The third kappa shape index (κ3) is 3.51. The molecular weight excluding hydrogens is 252 g/mol. The monoisotopic (exact) mass is 270 g/mol. The lowest BCUT2D eigenvalue weighted by Gasteiger charge is -2.13. The summed E-state index contributed by atoms with van der Waals surface area (Å²) in [6.07, 6.45) is 0. The second kappa shape index (κ2) is 6.10. The molecule has 2 aromatic rings. The number of carbonyl (C=O) groups is 1. The van der Waals surface area contributed by atoms with Gasteiger partial charge in [-0.2, -0.15) is 0 Å². The molecule has 0 bridgehead atoms. The van der Waals surface area contributed by atoms with Gasteiger partial charge in [0, 0.05) is 0 Å². The van der Waals surface area contributed by atoms with Gasteiger partial charge in [0.25, 0.3) is 5.91 Å². The van der Waals surface area contributed by atoms with Crippen LogP contribution in [0.5, 0.6) is 5.75 Å². The van der Waals surface area contributed by atoms with E-state index < -0.39 is 0 Å². The summed E-state index contributed by atoms with van der Waals surface area (Å²) in [4.78, 5) is 11.9. The Kier molecular flexibility index (Phi) is 4.25. The molecular formula is C16H18N2O2. The number of nitrogens with two attached hydrogens (primary N) is 1. The summed E-state index contributed by atoms with van der Waals surface area (Å²) in [5.41, 5.74) is 9.15. The zero-order chi connectivity index (χ0) is 14.5. The molecule has 0 spiro atoms. The SMILES string of the molecule is Cc1cc(C)c(NC(=O)COc2ccccc2)c(N)c1. The normalized spacial score (nSPS) is 10.1. The Morgan fingerprint density at radius 3 is 2.55 bits per heavy atom. The number of anilines is 2. The predicted octanol–water partition coefficient (Wildman–Crippen LogP) is 2.90. The van der Waals surface area contributed by atoms with Crippen molar-refractivity contribution >= 4 is 17.3 Å². The first kappa shape index (κ1) is 13.9. The second-order valence-electron chi connectivity index (χ2n) is 4.70. The number of carbonyl (C=O) groups excluding carboxylic acids is 1. The third-order valence-corrected chi connectivity index (χ3v) is 2.89. The van der Waals surface area contributed by atoms with Crippen LogP contribution in [-0.4, -0.2) is 12.5 Å². The van der Waals surface area contributed by atoms with Crippen molar-refractivity contribution in [2.75, 3.05) is 17.7 Å². The number of nitrogens with one attached hydrogen (secondary N) is 1. The van der Waals surface area contributed by atoms with E-state index in [4.69, 9.17) is 10.5 Å². The third-order valence-electron chi connectivity index (χ3n) is 2.89. The van der Waals surface area contributed by atoms with E-state index in [-0.39, 0.29) is 12.5 Å². The maximum absolute atomic E-state index is 11.9. The molecule has 0 aromatic heterocycles. The lowest BCUT2D eigenvalue weighted by atomic mass is 10.1. The maximum Gasteiger partial charge on any atom is 0.262 e. The zero-order valence-electron chi connectivity index (χ0n) is 11.6. The fourth-order valence-electron chi connectivity index (χ4n) is 2.01. The minimum absolute atomic E-state index is 0.0449. The van der Waals surface area contributed by atoms with Crippen LogP contribution < -0.4 is 15.8 Å². The van der Waals surface area contributed by atoms with E-state index in [2.05, 4.69) is 5.32 Å². The van der Waals surface area contributed by atoms with Crippen molar-refractivity contribution in [1.82, 2.24) is 0 Å². The fraction of sp³-hybridized carbons (Fsp3) is 0.188. The lowest BCUT2D eigenvalue weighted by Crippen LogP contribution is -2.21. The standard InChI is InChI=1S/C16H18N2O2/c1-11-8-12(2)16(14(17)9-11)18-15(19)10-20-13-6-4-3-5-7-13/h3-9H,10,17H2,1-2H3,(H,18,19). The number of hydrogen-bond acceptors (Lipinski definition) is 3. The van der Waals surface area contributed by atoms with Crippen molar-refractivity contribution in [3.05, 3.63) is 53.6 Å². The topological polar surface area (TPSA) is 64.3 Å². The molecule has 0 saturated heterocycles. The Bertz CT molecular complexity index is 586. The molecule has 0 radical (unpaired) electrons. The molecule has 0 saturated carbocycles. The number of nitrogen functional groups attached to an aromatic ring is 1. The van der Waals surface area contributed by atoms with Crippen LogP contribution in [0.15, 0.2) is 42.5 Å². The molecule has 0 unspecified atom stereocenters. The average molecular weight is 270 g/mol. The Morgan fingerprint density at radius 1 is 1.20 bits per heavy atom. The Morgan fingerprint density at radius 2 is 1.90 bits per heavy atom. The Balaban J connectivity index is 1.98. The molecule has 20 heavy (non-hydrogen) atoms. The zero-order valence-corrected chi connectivity index (χ0v) is 11.6. The highest BCUT2D eigenvalue weighted by Crippen LogP contribution is 2.24. The summed E-state index contributed by atoms with van der Waals surface area (Å²) in [6.45, 7) is 3.83. The van der Waals surface area contributed by atoms with Gasteiger partial charge in [-0.25, -0.2) is 0 Å². The van der Waals surface area contributed by atoms with Crippen molar-refractivity contribution in [2.24, 2.45) is 0 Å². The molecule has 0 aliphatic rings. The summed E-state index contributed by atoms with van der Waals surface area (Å²) < 4.78 is 5.39. The van der Waals surface area contributed by atoms with Crippen LogP contribution in [0.4, 0.5) is 11.4 Å². The Hall–Kier alpha value is -2.49. The molecule has 0 heterocycles. The van der Waals surface area contributed by atoms with E-state index in [9.17, 15) is 4.79 Å². The summed E-state index contributed by atoms with van der Waals surface area (Å²) in [5, 5.41) is 2.79. The molecule has 0 fully saturated rings. The molecule has 3 N–H and O–H groups in total. The van der Waals surface area contributed by atoms with E-state index in [1.807, 2.05) is 44.2 Å². The van der Waals surface area contributed by atoms with Gasteiger partial charge in [0.05, 0.1) is 11.4 Å². The second-order valence-corrected chi connectivity index (χ2v) is 4.70. The summed E-state index contributed by atoms with van der Waals surface area (Å²) >= 11 is 0. The minimum Gasteiger partial charge on any atom is -0.484 e. The van der Waals surface area contributed by atoms with E-state index >= 15 is 0 Å². The van der Waals surface area contributed by atoms with E-state index in [1.54, 1.807) is 12.1 Å². The van der Waals surface area contributed by atoms with Gasteiger partial charge in [-0.3, -0.25) is 4.79 Å². The highest BCUT2D eigenvalue weighted by molar-refractivity contribution is 5.95. The molecule has 1 amide bonds.